The van der Waals surface area contributed by atoms with Gasteiger partial charge in [-0.05, 0) is 10.8 Å². The van der Waals surface area contributed by atoms with Crippen LogP contribution in [0.4, 0.5) is 0 Å². The van der Waals surface area contributed by atoms with Crippen molar-refractivity contribution in [2.75, 3.05) is 18.2 Å². The van der Waals surface area contributed by atoms with Crippen LogP contribution in [-0.2, 0) is 19.2 Å². The molecule has 1 aliphatic rings. The van der Waals surface area contributed by atoms with Gasteiger partial charge in [0, 0.05) is 56.0 Å². The van der Waals surface area contributed by atoms with Crippen molar-refractivity contribution in [3.63, 3.8) is 0 Å². The number of thioether (sulfide) groups is 2. The summed E-state index contributed by atoms with van der Waals surface area (Å²) in [4.78, 5) is 48.4. The van der Waals surface area contributed by atoms with E-state index in [-0.39, 0.29) is 49.3 Å². The Labute approximate surface area is 157 Å². The van der Waals surface area contributed by atoms with E-state index in [9.17, 15) is 19.2 Å². The Kier molecular flexibility index (Phi) is 10.3. The monoisotopic (exact) mass is 384 g/mol. The molecule has 8 heteroatoms. The molecule has 0 fully saturated rings. The van der Waals surface area contributed by atoms with Crippen molar-refractivity contribution in [2.45, 2.75) is 39.5 Å². The number of rotatable bonds is 8. The van der Waals surface area contributed by atoms with Crippen LogP contribution >= 0.6 is 23.5 Å². The highest BCUT2D eigenvalue weighted by molar-refractivity contribution is 8.18. The number of hydrogen-bond donors (Lipinski definition) is 0. The highest BCUT2D eigenvalue weighted by Crippen LogP contribution is 2.17. The largest absolute Gasteiger partial charge is 0.300 e. The molecule has 138 valence electrons. The molecule has 0 atom stereocenters. The molecule has 0 saturated heterocycles. The van der Waals surface area contributed by atoms with E-state index < -0.39 is 0 Å². The van der Waals surface area contributed by atoms with Gasteiger partial charge in [-0.2, -0.15) is 0 Å². The van der Waals surface area contributed by atoms with Gasteiger partial charge in [0.05, 0.1) is 0 Å². The fourth-order valence-corrected chi connectivity index (χ4v) is 3.39. The molecule has 1 rings (SSSR count). The fourth-order valence-electron chi connectivity index (χ4n) is 2.02. The van der Waals surface area contributed by atoms with Gasteiger partial charge in [-0.15, -0.1) is 23.5 Å². The molecule has 2 amide bonds. The fraction of sp³-hybridized carbons (Fsp3) is 0.529. The zero-order valence-electron chi connectivity index (χ0n) is 14.6. The average Bonchev–Trinajstić information content (AvgIpc) is 2.64. The van der Waals surface area contributed by atoms with Gasteiger partial charge >= 0.3 is 0 Å². The third-order valence-corrected chi connectivity index (χ3v) is 5.29. The number of ketones is 2. The van der Waals surface area contributed by atoms with E-state index in [1.807, 2.05) is 0 Å². The summed E-state index contributed by atoms with van der Waals surface area (Å²) in [6.07, 6.45) is 3.91. The van der Waals surface area contributed by atoms with Crippen molar-refractivity contribution in [1.82, 2.24) is 10.0 Å². The number of hydrogen-bond acceptors (Lipinski definition) is 6. The summed E-state index contributed by atoms with van der Waals surface area (Å²) in [6, 6.07) is 0. The number of carbonyl (C=O) groups is 4. The third-order valence-electron chi connectivity index (χ3n) is 3.54. The van der Waals surface area contributed by atoms with Gasteiger partial charge < -0.3 is 0 Å². The van der Waals surface area contributed by atoms with Crippen LogP contribution in [0.3, 0.4) is 0 Å². The molecule has 6 nitrogen and oxygen atoms in total. The van der Waals surface area contributed by atoms with Crippen LogP contribution < -0.4 is 0 Å². The van der Waals surface area contributed by atoms with Gasteiger partial charge in [0.15, 0.2) is 0 Å². The molecule has 0 bridgehead atoms. The van der Waals surface area contributed by atoms with E-state index >= 15 is 0 Å². The molecule has 25 heavy (non-hydrogen) atoms. The van der Waals surface area contributed by atoms with Crippen molar-refractivity contribution in [1.29, 1.82) is 0 Å². The van der Waals surface area contributed by atoms with Crippen LogP contribution in [0.1, 0.15) is 39.5 Å². The van der Waals surface area contributed by atoms with Crippen LogP contribution in [0.15, 0.2) is 23.0 Å². The second-order valence-electron chi connectivity index (χ2n) is 5.26. The Hall–Kier alpha value is -1.54. The average molecular weight is 385 g/mol. The molecular formula is C17H24N2O4S2. The minimum absolute atomic E-state index is 0.0172. The van der Waals surface area contributed by atoms with Crippen LogP contribution in [0, 0.1) is 0 Å². The zero-order chi connectivity index (χ0) is 18.7. The molecular weight excluding hydrogens is 360 g/mol. The second kappa shape index (κ2) is 11.9. The maximum atomic E-state index is 12.5. The number of hydrazine groups is 1. The van der Waals surface area contributed by atoms with E-state index in [1.54, 1.807) is 24.7 Å². The standard InChI is InChI=1S/C17H24N2O4S2/c1-3-14(20)5-9-18-16(22)7-11-24-13-25-12-8-17(23)19(18)10-6-15(21)4-2/h7-8,11-12H,3-6,9-10,13H2,1-2H3. The summed E-state index contributed by atoms with van der Waals surface area (Å²) in [5.74, 6) is -0.699. The SMILES string of the molecule is CCC(=O)CCN1C(=O)C=CSCSC=CC(=O)N1CCC(=O)CC. The van der Waals surface area contributed by atoms with Crippen molar-refractivity contribution >= 4 is 46.9 Å². The van der Waals surface area contributed by atoms with Crippen LogP contribution in [0.25, 0.3) is 0 Å². The van der Waals surface area contributed by atoms with Gasteiger partial charge in [-0.3, -0.25) is 19.2 Å². The van der Waals surface area contributed by atoms with E-state index in [0.717, 1.165) is 0 Å². The van der Waals surface area contributed by atoms with Gasteiger partial charge in [0.25, 0.3) is 11.8 Å². The van der Waals surface area contributed by atoms with Crippen LogP contribution in [0.2, 0.25) is 0 Å². The Balaban J connectivity index is 3.04. The molecule has 0 aromatic carbocycles. The highest BCUT2D eigenvalue weighted by atomic mass is 32.2. The van der Waals surface area contributed by atoms with Crippen molar-refractivity contribution in [2.24, 2.45) is 0 Å². The number of nitrogens with zero attached hydrogens (tertiary/aromatic N) is 2. The molecule has 0 saturated carbocycles. The zero-order valence-corrected chi connectivity index (χ0v) is 16.2. The van der Waals surface area contributed by atoms with Crippen LogP contribution in [0.5, 0.6) is 0 Å². The lowest BCUT2D eigenvalue weighted by atomic mass is 10.2. The Bertz CT molecular complexity index is 513. The summed E-state index contributed by atoms with van der Waals surface area (Å²) < 4.78 is 0. The van der Waals surface area contributed by atoms with Crippen molar-refractivity contribution in [3.8, 4) is 0 Å². The number of carbonyl (C=O) groups excluding carboxylic acids is 4. The second-order valence-corrected chi connectivity index (χ2v) is 7.42. The first kappa shape index (κ1) is 21.5. The molecule has 0 N–H and O–H groups in total. The first-order valence-electron chi connectivity index (χ1n) is 8.22. The number of Topliss-reactive ketones (excluding diaryl/α,β-unsaturated/α-hetero) is 2. The normalized spacial score (nSPS) is 16.1. The topological polar surface area (TPSA) is 74.8 Å². The summed E-state index contributed by atoms with van der Waals surface area (Å²) in [6.45, 7) is 3.76. The molecule has 0 radical (unpaired) electrons. The minimum Gasteiger partial charge on any atom is -0.300 e. The molecule has 0 unspecified atom stereocenters. The maximum Gasteiger partial charge on any atom is 0.265 e. The molecule has 0 aromatic heterocycles. The van der Waals surface area contributed by atoms with E-state index in [1.165, 1.54) is 45.7 Å². The van der Waals surface area contributed by atoms with Gasteiger partial charge in [-0.25, -0.2) is 10.0 Å². The smallest absolute Gasteiger partial charge is 0.265 e. The lowest BCUT2D eigenvalue weighted by molar-refractivity contribution is -0.158. The van der Waals surface area contributed by atoms with E-state index in [2.05, 4.69) is 0 Å². The predicted octanol–water partition coefficient (Wildman–Crippen LogP) is 2.76. The summed E-state index contributed by atoms with van der Waals surface area (Å²) in [7, 11) is 0. The third kappa shape index (κ3) is 7.92. The predicted molar refractivity (Wildman–Crippen MR) is 102 cm³/mol. The quantitative estimate of drug-likeness (QED) is 0.641. The first-order chi connectivity index (χ1) is 12.0. The van der Waals surface area contributed by atoms with E-state index in [0.29, 0.717) is 17.9 Å². The summed E-state index contributed by atoms with van der Waals surface area (Å²) in [5, 5.41) is 6.61. The Morgan fingerprint density at radius 1 is 0.880 bits per heavy atom. The van der Waals surface area contributed by atoms with E-state index in [4.69, 9.17) is 0 Å². The molecule has 0 spiro atoms. The minimum atomic E-state index is -0.367. The number of amides is 2. The summed E-state index contributed by atoms with van der Waals surface area (Å²) in [5.41, 5.74) is 0. The van der Waals surface area contributed by atoms with Crippen molar-refractivity contribution in [3.05, 3.63) is 23.0 Å². The highest BCUT2D eigenvalue weighted by Gasteiger charge is 2.24. The maximum absolute atomic E-state index is 12.5. The van der Waals surface area contributed by atoms with Crippen molar-refractivity contribution < 1.29 is 19.2 Å². The molecule has 1 heterocycles. The lowest BCUT2D eigenvalue weighted by Crippen LogP contribution is -2.50. The van der Waals surface area contributed by atoms with Gasteiger partial charge in [0.1, 0.15) is 11.6 Å². The van der Waals surface area contributed by atoms with Gasteiger partial charge in [0.2, 0.25) is 0 Å². The molecule has 0 aromatic rings. The molecule has 0 aliphatic carbocycles. The lowest BCUT2D eigenvalue weighted by Gasteiger charge is -2.33. The molecule has 1 aliphatic heterocycles. The summed E-state index contributed by atoms with van der Waals surface area (Å²) >= 11 is 2.91. The van der Waals surface area contributed by atoms with Gasteiger partial charge in [-0.1, -0.05) is 13.8 Å². The van der Waals surface area contributed by atoms with Crippen LogP contribution in [-0.4, -0.2) is 51.6 Å². The Morgan fingerprint density at radius 2 is 1.28 bits per heavy atom. The Morgan fingerprint density at radius 3 is 1.64 bits per heavy atom. The first-order valence-corrected chi connectivity index (χ1v) is 10.3.